The average molecular weight is 387 g/mol. The number of nitrogens with one attached hydrogen (secondary N) is 1. The van der Waals surface area contributed by atoms with E-state index in [1.807, 2.05) is 6.92 Å². The molecule has 1 rings (SSSR count). The fraction of sp³-hybridized carbons (Fsp3) is 0.400. The number of halogens is 2. The first-order valence-corrected chi connectivity index (χ1v) is 8.33. The monoisotopic (exact) mass is 385 g/mol. The van der Waals surface area contributed by atoms with E-state index in [0.717, 1.165) is 5.56 Å². The maximum Gasteiger partial charge on any atom is 0.312 e. The molecule has 96 valence electrons. The van der Waals surface area contributed by atoms with Gasteiger partial charge in [-0.1, -0.05) is 49.6 Å². The smallest absolute Gasteiger partial charge is 0.192 e. The van der Waals surface area contributed by atoms with E-state index < -0.39 is 10.1 Å². The number of aryl methyl sites for hydroxylation is 1. The van der Waals surface area contributed by atoms with Crippen molar-refractivity contribution >= 4 is 42.0 Å². The lowest BCUT2D eigenvalue weighted by molar-refractivity contribution is 0.206. The Balaban J connectivity index is 2.60. The number of hydrogen-bond donors (Lipinski definition) is 1. The molecule has 0 aliphatic rings. The summed E-state index contributed by atoms with van der Waals surface area (Å²) in [6, 6.07) is 6.48. The second-order valence-corrected chi connectivity index (χ2v) is 6.94. The SMILES string of the molecule is Cc1ccc(S(=O)(=O)ONCC(Br)CBr)cc1. The van der Waals surface area contributed by atoms with Crippen molar-refractivity contribution in [1.82, 2.24) is 5.48 Å². The maximum absolute atomic E-state index is 11.7. The van der Waals surface area contributed by atoms with Gasteiger partial charge in [-0.15, -0.1) is 0 Å². The molecule has 7 heteroatoms. The van der Waals surface area contributed by atoms with Gasteiger partial charge < -0.3 is 0 Å². The van der Waals surface area contributed by atoms with Gasteiger partial charge in [0.25, 0.3) is 0 Å². The van der Waals surface area contributed by atoms with E-state index in [-0.39, 0.29) is 9.72 Å². The van der Waals surface area contributed by atoms with Crippen LogP contribution in [0, 0.1) is 6.92 Å². The highest BCUT2D eigenvalue weighted by Gasteiger charge is 2.15. The Bertz CT molecular complexity index is 447. The molecule has 0 fully saturated rings. The zero-order chi connectivity index (χ0) is 12.9. The number of hydroxylamine groups is 1. The Kier molecular flexibility index (Phi) is 6.08. The molecule has 1 aromatic carbocycles. The molecular weight excluding hydrogens is 374 g/mol. The molecule has 0 bridgehead atoms. The van der Waals surface area contributed by atoms with Crippen LogP contribution in [0.25, 0.3) is 0 Å². The van der Waals surface area contributed by atoms with Crippen LogP contribution >= 0.6 is 31.9 Å². The molecule has 0 heterocycles. The number of alkyl halides is 2. The van der Waals surface area contributed by atoms with E-state index in [0.29, 0.717) is 11.9 Å². The van der Waals surface area contributed by atoms with Gasteiger partial charge in [-0.05, 0) is 19.1 Å². The third-order valence-corrected chi connectivity index (χ3v) is 5.44. The fourth-order valence-electron chi connectivity index (χ4n) is 1.01. The highest BCUT2D eigenvalue weighted by Crippen LogP contribution is 2.12. The van der Waals surface area contributed by atoms with Crippen molar-refractivity contribution in [3.05, 3.63) is 29.8 Å². The molecular formula is C10H13Br2NO3S. The predicted molar refractivity (Wildman–Crippen MR) is 74.0 cm³/mol. The molecule has 0 aliphatic heterocycles. The molecule has 1 unspecified atom stereocenters. The van der Waals surface area contributed by atoms with Crippen LogP contribution in [-0.4, -0.2) is 25.1 Å². The van der Waals surface area contributed by atoms with Gasteiger partial charge in [0.05, 0.1) is 4.90 Å². The molecule has 0 spiro atoms. The topological polar surface area (TPSA) is 55.4 Å². The largest absolute Gasteiger partial charge is 0.312 e. The van der Waals surface area contributed by atoms with Gasteiger partial charge in [-0.25, -0.2) is 0 Å². The second-order valence-electron chi connectivity index (χ2n) is 3.45. The Morgan fingerprint density at radius 2 is 1.94 bits per heavy atom. The third-order valence-electron chi connectivity index (χ3n) is 1.95. The first-order valence-electron chi connectivity index (χ1n) is 4.89. The first kappa shape index (κ1) is 15.1. The summed E-state index contributed by atoms with van der Waals surface area (Å²) < 4.78 is 28.1. The number of rotatable bonds is 6. The Hall–Kier alpha value is 0.0500. The van der Waals surface area contributed by atoms with E-state index >= 15 is 0 Å². The molecule has 4 nitrogen and oxygen atoms in total. The highest BCUT2D eigenvalue weighted by atomic mass is 79.9. The van der Waals surface area contributed by atoms with Crippen molar-refractivity contribution in [3.63, 3.8) is 0 Å². The van der Waals surface area contributed by atoms with Crippen molar-refractivity contribution in [3.8, 4) is 0 Å². The lowest BCUT2D eigenvalue weighted by atomic mass is 10.2. The van der Waals surface area contributed by atoms with Crippen molar-refractivity contribution in [2.45, 2.75) is 16.6 Å². The first-order chi connectivity index (χ1) is 7.95. The van der Waals surface area contributed by atoms with Crippen LogP contribution in [0.3, 0.4) is 0 Å². The molecule has 0 saturated carbocycles. The summed E-state index contributed by atoms with van der Waals surface area (Å²) >= 11 is 6.58. The molecule has 0 aliphatic carbocycles. The predicted octanol–water partition coefficient (Wildman–Crippen LogP) is 2.36. The van der Waals surface area contributed by atoms with Gasteiger partial charge in [0.1, 0.15) is 0 Å². The van der Waals surface area contributed by atoms with E-state index in [4.69, 9.17) is 4.28 Å². The summed E-state index contributed by atoms with van der Waals surface area (Å²) in [6.07, 6.45) is 0. The van der Waals surface area contributed by atoms with Gasteiger partial charge in [0.2, 0.25) is 0 Å². The van der Waals surface area contributed by atoms with Crippen LogP contribution in [0.4, 0.5) is 0 Å². The average Bonchev–Trinajstić information content (AvgIpc) is 2.29. The molecule has 1 N–H and O–H groups in total. The summed E-state index contributed by atoms with van der Waals surface area (Å²) in [5.41, 5.74) is 3.42. The van der Waals surface area contributed by atoms with Gasteiger partial charge in [0.15, 0.2) is 0 Å². The van der Waals surface area contributed by atoms with Crippen molar-refractivity contribution in [2.75, 3.05) is 11.9 Å². The molecule has 1 atom stereocenters. The van der Waals surface area contributed by atoms with Gasteiger partial charge in [-0.3, -0.25) is 0 Å². The standard InChI is InChI=1S/C10H13Br2NO3S/c1-8-2-4-10(5-3-8)17(14,15)16-13-7-9(12)6-11/h2-5,9,13H,6-7H2,1H3. The van der Waals surface area contributed by atoms with E-state index in [2.05, 4.69) is 37.3 Å². The Morgan fingerprint density at radius 1 is 1.35 bits per heavy atom. The lowest BCUT2D eigenvalue weighted by Crippen LogP contribution is -2.27. The van der Waals surface area contributed by atoms with Crippen LogP contribution in [0.5, 0.6) is 0 Å². The van der Waals surface area contributed by atoms with Crippen molar-refractivity contribution in [2.24, 2.45) is 0 Å². The van der Waals surface area contributed by atoms with Crippen molar-refractivity contribution in [1.29, 1.82) is 0 Å². The zero-order valence-corrected chi connectivity index (χ0v) is 13.2. The Labute approximate surface area is 118 Å². The Morgan fingerprint density at radius 3 is 2.47 bits per heavy atom. The van der Waals surface area contributed by atoms with Gasteiger partial charge >= 0.3 is 10.1 Å². The molecule has 1 aromatic rings. The van der Waals surface area contributed by atoms with Gasteiger partial charge in [0, 0.05) is 16.7 Å². The third kappa shape index (κ3) is 5.05. The zero-order valence-electron chi connectivity index (χ0n) is 9.19. The molecule has 0 aromatic heterocycles. The number of benzene rings is 1. The minimum atomic E-state index is -3.73. The number of hydrogen-bond acceptors (Lipinski definition) is 4. The quantitative estimate of drug-likeness (QED) is 0.602. The van der Waals surface area contributed by atoms with E-state index in [9.17, 15) is 8.42 Å². The minimum absolute atomic E-state index is 0.107. The van der Waals surface area contributed by atoms with E-state index in [1.54, 1.807) is 12.1 Å². The maximum atomic E-state index is 11.7. The van der Waals surface area contributed by atoms with E-state index in [1.165, 1.54) is 12.1 Å². The highest BCUT2D eigenvalue weighted by molar-refractivity contribution is 9.12. The lowest BCUT2D eigenvalue weighted by Gasteiger charge is -2.08. The van der Waals surface area contributed by atoms with Crippen LogP contribution in [0.2, 0.25) is 0 Å². The second kappa shape index (κ2) is 6.84. The normalized spacial score (nSPS) is 13.6. The van der Waals surface area contributed by atoms with Crippen LogP contribution in [-0.2, 0) is 14.4 Å². The minimum Gasteiger partial charge on any atom is -0.192 e. The summed E-state index contributed by atoms with van der Waals surface area (Å²) in [7, 11) is -3.73. The van der Waals surface area contributed by atoms with Gasteiger partial charge in [-0.2, -0.15) is 18.2 Å². The summed E-state index contributed by atoms with van der Waals surface area (Å²) in [5, 5.41) is 0.702. The summed E-state index contributed by atoms with van der Waals surface area (Å²) in [4.78, 5) is 0.247. The summed E-state index contributed by atoms with van der Waals surface area (Å²) in [6.45, 7) is 2.28. The van der Waals surface area contributed by atoms with Crippen LogP contribution in [0.1, 0.15) is 5.56 Å². The fourth-order valence-corrected chi connectivity index (χ4v) is 2.16. The molecule has 0 amide bonds. The van der Waals surface area contributed by atoms with Crippen molar-refractivity contribution < 1.29 is 12.7 Å². The molecule has 0 saturated heterocycles. The molecule has 17 heavy (non-hydrogen) atoms. The molecule has 0 radical (unpaired) electrons. The van der Waals surface area contributed by atoms with Crippen LogP contribution in [0.15, 0.2) is 29.2 Å². The summed E-state index contributed by atoms with van der Waals surface area (Å²) in [5.74, 6) is 0. The van der Waals surface area contributed by atoms with Crippen LogP contribution < -0.4 is 5.48 Å².